The van der Waals surface area contributed by atoms with Crippen molar-refractivity contribution in [3.8, 4) is 6.07 Å². The Kier molecular flexibility index (Phi) is 5.44. The van der Waals surface area contributed by atoms with E-state index in [2.05, 4.69) is 18.3 Å². The average molecular weight is 389 g/mol. The molecule has 1 amide bonds. The number of rotatable bonds is 5. The lowest BCUT2D eigenvalue weighted by Gasteiger charge is -2.17. The van der Waals surface area contributed by atoms with E-state index in [0.717, 1.165) is 29.7 Å². The number of fused-ring (bicyclic) bond motifs is 1. The van der Waals surface area contributed by atoms with Gasteiger partial charge in [0.1, 0.15) is 11.1 Å². The quantitative estimate of drug-likeness (QED) is 0.848. The number of carbonyl (C=O) groups is 1. The molecule has 1 unspecified atom stereocenters. The van der Waals surface area contributed by atoms with Crippen LogP contribution in [0.15, 0.2) is 35.2 Å². The second-order valence-corrected chi connectivity index (χ2v) is 9.81. The number of thiophene rings is 1. The number of nitrogens with zero attached hydrogens (tertiary/aromatic N) is 1. The van der Waals surface area contributed by atoms with Crippen LogP contribution in [0.2, 0.25) is 0 Å². The van der Waals surface area contributed by atoms with Gasteiger partial charge >= 0.3 is 0 Å². The maximum Gasteiger partial charge on any atom is 0.226 e. The molecule has 1 heterocycles. The SMILES string of the molecule is CC1CCc2c(sc(NC(=O)CCS(=O)(=O)c3ccccc3)c2C#N)C1. The van der Waals surface area contributed by atoms with Crippen LogP contribution >= 0.6 is 11.3 Å². The van der Waals surface area contributed by atoms with Gasteiger partial charge in [0, 0.05) is 11.3 Å². The number of anilines is 1. The van der Waals surface area contributed by atoms with Gasteiger partial charge in [-0.25, -0.2) is 8.42 Å². The van der Waals surface area contributed by atoms with Gasteiger partial charge in [-0.05, 0) is 42.9 Å². The number of nitriles is 1. The lowest BCUT2D eigenvalue weighted by molar-refractivity contribution is -0.115. The first-order valence-electron chi connectivity index (χ1n) is 8.53. The molecule has 1 aromatic heterocycles. The summed E-state index contributed by atoms with van der Waals surface area (Å²) in [4.78, 5) is 13.6. The Labute approximate surface area is 157 Å². The van der Waals surface area contributed by atoms with Crippen molar-refractivity contribution >= 4 is 32.1 Å². The molecule has 1 aliphatic carbocycles. The molecular weight excluding hydrogens is 368 g/mol. The van der Waals surface area contributed by atoms with Crippen LogP contribution in [0, 0.1) is 17.2 Å². The lowest BCUT2D eigenvalue weighted by atomic mass is 9.89. The highest BCUT2D eigenvalue weighted by Crippen LogP contribution is 2.39. The van der Waals surface area contributed by atoms with Crippen molar-refractivity contribution in [2.24, 2.45) is 5.92 Å². The molecule has 0 fully saturated rings. The van der Waals surface area contributed by atoms with E-state index in [1.54, 1.807) is 18.2 Å². The number of amides is 1. The van der Waals surface area contributed by atoms with Crippen LogP contribution in [-0.2, 0) is 27.5 Å². The summed E-state index contributed by atoms with van der Waals surface area (Å²) in [5, 5.41) is 12.8. The molecule has 0 radical (unpaired) electrons. The van der Waals surface area contributed by atoms with Gasteiger partial charge in [0.05, 0.1) is 16.2 Å². The monoisotopic (exact) mass is 388 g/mol. The van der Waals surface area contributed by atoms with Crippen molar-refractivity contribution in [1.82, 2.24) is 0 Å². The van der Waals surface area contributed by atoms with Gasteiger partial charge < -0.3 is 5.32 Å². The molecule has 7 heteroatoms. The minimum Gasteiger partial charge on any atom is -0.317 e. The van der Waals surface area contributed by atoms with Crippen LogP contribution in [-0.4, -0.2) is 20.1 Å². The maximum absolute atomic E-state index is 12.3. The molecule has 1 N–H and O–H groups in total. The van der Waals surface area contributed by atoms with E-state index >= 15 is 0 Å². The molecule has 0 spiro atoms. The van der Waals surface area contributed by atoms with E-state index in [9.17, 15) is 18.5 Å². The Hall–Kier alpha value is -2.17. The first kappa shape index (κ1) is 18.6. The van der Waals surface area contributed by atoms with Gasteiger partial charge in [0.2, 0.25) is 5.91 Å². The zero-order chi connectivity index (χ0) is 18.7. The zero-order valence-corrected chi connectivity index (χ0v) is 16.1. The van der Waals surface area contributed by atoms with E-state index in [-0.39, 0.29) is 23.0 Å². The number of hydrogen-bond acceptors (Lipinski definition) is 5. The highest BCUT2D eigenvalue weighted by molar-refractivity contribution is 7.91. The minimum absolute atomic E-state index is 0.138. The predicted octanol–water partition coefficient (Wildman–Crippen LogP) is 3.55. The topological polar surface area (TPSA) is 87.0 Å². The van der Waals surface area contributed by atoms with Gasteiger partial charge in [-0.1, -0.05) is 25.1 Å². The van der Waals surface area contributed by atoms with Crippen molar-refractivity contribution in [3.63, 3.8) is 0 Å². The van der Waals surface area contributed by atoms with E-state index in [1.165, 1.54) is 23.5 Å². The van der Waals surface area contributed by atoms with Gasteiger partial charge in [-0.3, -0.25) is 4.79 Å². The zero-order valence-electron chi connectivity index (χ0n) is 14.5. The first-order chi connectivity index (χ1) is 12.4. The molecule has 1 aliphatic rings. The fourth-order valence-corrected chi connectivity index (χ4v) is 5.76. The molecule has 5 nitrogen and oxygen atoms in total. The Morgan fingerprint density at radius 2 is 2.08 bits per heavy atom. The fourth-order valence-electron chi connectivity index (χ4n) is 3.12. The number of hydrogen-bond donors (Lipinski definition) is 1. The van der Waals surface area contributed by atoms with Gasteiger partial charge in [-0.2, -0.15) is 5.26 Å². The summed E-state index contributed by atoms with van der Waals surface area (Å²) in [6, 6.07) is 10.3. The third kappa shape index (κ3) is 3.97. The summed E-state index contributed by atoms with van der Waals surface area (Å²) in [5.74, 6) is -0.0627. The second-order valence-electron chi connectivity index (χ2n) is 6.60. The van der Waals surface area contributed by atoms with Crippen LogP contribution < -0.4 is 5.32 Å². The Morgan fingerprint density at radius 3 is 2.77 bits per heavy atom. The Bertz CT molecular complexity index is 957. The molecular formula is C19H20N2O3S2. The smallest absolute Gasteiger partial charge is 0.226 e. The molecule has 0 bridgehead atoms. The maximum atomic E-state index is 12.3. The van der Waals surface area contributed by atoms with Crippen molar-refractivity contribution in [2.75, 3.05) is 11.1 Å². The third-order valence-corrected chi connectivity index (χ3v) is 7.48. The third-order valence-electron chi connectivity index (χ3n) is 4.58. The summed E-state index contributed by atoms with van der Waals surface area (Å²) >= 11 is 1.44. The highest BCUT2D eigenvalue weighted by Gasteiger charge is 2.25. The number of carbonyl (C=O) groups excluding carboxylic acids is 1. The molecule has 2 aromatic rings. The molecule has 3 rings (SSSR count). The van der Waals surface area contributed by atoms with Crippen molar-refractivity contribution in [3.05, 3.63) is 46.3 Å². The largest absolute Gasteiger partial charge is 0.317 e. The highest BCUT2D eigenvalue weighted by atomic mass is 32.2. The summed E-state index contributed by atoms with van der Waals surface area (Å²) in [6.45, 7) is 2.18. The second kappa shape index (κ2) is 7.60. The summed E-state index contributed by atoms with van der Waals surface area (Å²) in [6.07, 6.45) is 2.68. The van der Waals surface area contributed by atoms with Crippen LogP contribution in [0.5, 0.6) is 0 Å². The van der Waals surface area contributed by atoms with E-state index in [1.807, 2.05) is 0 Å². The van der Waals surface area contributed by atoms with Crippen molar-refractivity contribution in [1.29, 1.82) is 5.26 Å². The Morgan fingerprint density at radius 1 is 1.35 bits per heavy atom. The molecule has 0 aliphatic heterocycles. The van der Waals surface area contributed by atoms with E-state index in [4.69, 9.17) is 0 Å². The van der Waals surface area contributed by atoms with Crippen molar-refractivity contribution < 1.29 is 13.2 Å². The summed E-state index contributed by atoms with van der Waals surface area (Å²) in [7, 11) is -3.50. The molecule has 26 heavy (non-hydrogen) atoms. The summed E-state index contributed by atoms with van der Waals surface area (Å²) in [5.41, 5.74) is 1.58. The fraction of sp³-hybridized carbons (Fsp3) is 0.368. The van der Waals surface area contributed by atoms with Crippen LogP contribution in [0.4, 0.5) is 5.00 Å². The molecule has 0 saturated carbocycles. The lowest BCUT2D eigenvalue weighted by Crippen LogP contribution is -2.17. The number of benzene rings is 1. The van der Waals surface area contributed by atoms with Crippen LogP contribution in [0.25, 0.3) is 0 Å². The molecule has 1 aromatic carbocycles. The Balaban J connectivity index is 1.69. The van der Waals surface area contributed by atoms with Crippen molar-refractivity contribution in [2.45, 2.75) is 37.5 Å². The van der Waals surface area contributed by atoms with Crippen LogP contribution in [0.3, 0.4) is 0 Å². The van der Waals surface area contributed by atoms with E-state index in [0.29, 0.717) is 16.5 Å². The first-order valence-corrected chi connectivity index (χ1v) is 11.0. The van der Waals surface area contributed by atoms with Gasteiger partial charge in [-0.15, -0.1) is 11.3 Å². The van der Waals surface area contributed by atoms with Gasteiger partial charge in [0.15, 0.2) is 9.84 Å². The predicted molar refractivity (Wildman–Crippen MR) is 102 cm³/mol. The summed E-state index contributed by atoms with van der Waals surface area (Å²) < 4.78 is 24.6. The standard InChI is InChI=1S/C19H20N2O3S2/c1-13-7-8-15-16(12-20)19(25-17(15)11-13)21-18(22)9-10-26(23,24)14-5-3-2-4-6-14/h2-6,13H,7-11H2,1H3,(H,21,22). The minimum atomic E-state index is -3.50. The number of nitrogens with one attached hydrogen (secondary N) is 1. The molecule has 0 saturated heterocycles. The molecule has 136 valence electrons. The number of sulfone groups is 1. The van der Waals surface area contributed by atoms with Crippen LogP contribution in [0.1, 0.15) is 35.8 Å². The average Bonchev–Trinajstić information content (AvgIpc) is 2.96. The van der Waals surface area contributed by atoms with E-state index < -0.39 is 9.84 Å². The normalized spacial score (nSPS) is 16.5. The molecule has 1 atom stereocenters. The van der Waals surface area contributed by atoms with Gasteiger partial charge in [0.25, 0.3) is 0 Å².